The van der Waals surface area contributed by atoms with Crippen molar-refractivity contribution in [2.24, 2.45) is 5.92 Å². The molecule has 1 unspecified atom stereocenters. The summed E-state index contributed by atoms with van der Waals surface area (Å²) in [5.41, 5.74) is 13.5. The fourth-order valence-electron chi connectivity index (χ4n) is 4.66. The third-order valence-corrected chi connectivity index (χ3v) is 6.43. The van der Waals surface area contributed by atoms with Crippen LogP contribution in [0.15, 0.2) is 145 Å². The van der Waals surface area contributed by atoms with Gasteiger partial charge in [0.05, 0.1) is 5.70 Å². The maximum atomic E-state index is 3.87. The molecule has 0 aliphatic heterocycles. The summed E-state index contributed by atoms with van der Waals surface area (Å²) in [6, 6.07) is 19.3. The van der Waals surface area contributed by atoms with Gasteiger partial charge in [-0.2, -0.15) is 0 Å². The highest BCUT2D eigenvalue weighted by molar-refractivity contribution is 5.93. The lowest BCUT2D eigenvalue weighted by molar-refractivity contribution is 0.947. The van der Waals surface area contributed by atoms with Gasteiger partial charge in [0.2, 0.25) is 0 Å². The van der Waals surface area contributed by atoms with Crippen LogP contribution in [0.5, 0.6) is 0 Å². The molecule has 2 aromatic rings. The van der Waals surface area contributed by atoms with E-state index in [-0.39, 0.29) is 5.92 Å². The first-order valence-electron chi connectivity index (χ1n) is 12.3. The molecule has 174 valence electrons. The average molecular weight is 456 g/mol. The molecule has 0 bridgehead atoms. The van der Waals surface area contributed by atoms with Crippen LogP contribution in [0, 0.1) is 5.92 Å². The Kier molecular flexibility index (Phi) is 7.83. The second-order valence-electron chi connectivity index (χ2n) is 8.71. The largest absolute Gasteiger partial charge is 0.308 e. The first-order chi connectivity index (χ1) is 17.2. The Morgan fingerprint density at radius 2 is 1.71 bits per heavy atom. The van der Waals surface area contributed by atoms with Crippen LogP contribution in [0.25, 0.3) is 11.3 Å². The lowest BCUT2D eigenvalue weighted by Crippen LogP contribution is -2.19. The zero-order valence-electron chi connectivity index (χ0n) is 20.9. The van der Waals surface area contributed by atoms with Crippen LogP contribution in [-0.4, -0.2) is 0 Å². The Labute approximate surface area is 210 Å². The molecule has 2 aliphatic carbocycles. The van der Waals surface area contributed by atoms with Crippen LogP contribution in [-0.2, 0) is 0 Å². The van der Waals surface area contributed by atoms with Crippen LogP contribution in [0.2, 0.25) is 0 Å². The fourth-order valence-corrected chi connectivity index (χ4v) is 4.66. The van der Waals surface area contributed by atoms with Crippen molar-refractivity contribution >= 4 is 17.0 Å². The first-order valence-corrected chi connectivity index (χ1v) is 12.3. The van der Waals surface area contributed by atoms with E-state index in [4.69, 9.17) is 0 Å². The molecule has 2 aliphatic rings. The standard InChI is InChI=1S/C34H33N/c1-5-7-8-11-18-26(3)34-30-22-15-9-12-19-28(30)25-33(31-23-16-17-24-32(31)34)35(27(4)6-2)29-20-13-10-14-21-29/h5-21,23-24,26H,1,22H2,2-4H3/b8-7-,18-11-,27-6+. The fraction of sp³-hybridized carbons (Fsp3) is 0.147. The molecule has 0 N–H and O–H groups in total. The molecule has 0 amide bonds. The number of fused-ring (bicyclic) bond motifs is 2. The smallest absolute Gasteiger partial charge is 0.0973 e. The summed E-state index contributed by atoms with van der Waals surface area (Å²) in [6.45, 7) is 10.3. The second kappa shape index (κ2) is 11.4. The van der Waals surface area contributed by atoms with Gasteiger partial charge < -0.3 is 4.90 Å². The summed E-state index contributed by atoms with van der Waals surface area (Å²) in [6.07, 6.45) is 21.9. The zero-order valence-corrected chi connectivity index (χ0v) is 20.9. The van der Waals surface area contributed by atoms with Gasteiger partial charge in [0.15, 0.2) is 0 Å². The minimum absolute atomic E-state index is 0.227. The van der Waals surface area contributed by atoms with Crippen molar-refractivity contribution in [3.05, 3.63) is 156 Å². The molecule has 1 atom stereocenters. The van der Waals surface area contributed by atoms with Gasteiger partial charge in [-0.25, -0.2) is 0 Å². The number of hydrogen-bond donors (Lipinski definition) is 0. The molecule has 0 radical (unpaired) electrons. The van der Waals surface area contributed by atoms with Crippen molar-refractivity contribution in [2.75, 3.05) is 4.90 Å². The lowest BCUT2D eigenvalue weighted by Gasteiger charge is -2.28. The van der Waals surface area contributed by atoms with E-state index in [9.17, 15) is 0 Å². The highest BCUT2D eigenvalue weighted by atomic mass is 15.2. The minimum atomic E-state index is 0.227. The van der Waals surface area contributed by atoms with Crippen molar-refractivity contribution in [3.63, 3.8) is 0 Å². The summed E-state index contributed by atoms with van der Waals surface area (Å²) < 4.78 is 0. The van der Waals surface area contributed by atoms with Crippen molar-refractivity contribution in [2.45, 2.75) is 27.2 Å². The van der Waals surface area contributed by atoms with E-state index in [1.807, 2.05) is 12.2 Å². The molecular formula is C34H33N. The van der Waals surface area contributed by atoms with Crippen molar-refractivity contribution in [1.29, 1.82) is 0 Å². The van der Waals surface area contributed by atoms with Gasteiger partial charge in [0.1, 0.15) is 0 Å². The SMILES string of the molecule is C=C/C=C\C=C/C(C)C1=C2CC=CC=CC2=C=C(N(/C(C)=C/C)c2ccccc2)c2ccccc21. The van der Waals surface area contributed by atoms with E-state index >= 15 is 0 Å². The Hall–Kier alpha value is -4.06. The minimum Gasteiger partial charge on any atom is -0.308 e. The number of para-hydroxylation sites is 1. The van der Waals surface area contributed by atoms with Gasteiger partial charge in [-0.05, 0) is 55.2 Å². The van der Waals surface area contributed by atoms with E-state index in [1.165, 1.54) is 22.3 Å². The summed E-state index contributed by atoms with van der Waals surface area (Å²) in [7, 11) is 0. The van der Waals surface area contributed by atoms with E-state index in [0.717, 1.165) is 29.1 Å². The summed E-state index contributed by atoms with van der Waals surface area (Å²) in [4.78, 5) is 2.33. The van der Waals surface area contributed by atoms with Crippen molar-refractivity contribution in [1.82, 2.24) is 0 Å². The van der Waals surface area contributed by atoms with Crippen LogP contribution in [0.1, 0.15) is 38.3 Å². The quantitative estimate of drug-likeness (QED) is 0.297. The van der Waals surface area contributed by atoms with E-state index in [2.05, 4.69) is 135 Å². The van der Waals surface area contributed by atoms with Gasteiger partial charge in [-0.15, -0.1) is 0 Å². The Morgan fingerprint density at radius 1 is 0.971 bits per heavy atom. The van der Waals surface area contributed by atoms with Gasteiger partial charge >= 0.3 is 0 Å². The number of nitrogens with zero attached hydrogens (tertiary/aromatic N) is 1. The van der Waals surface area contributed by atoms with Crippen molar-refractivity contribution < 1.29 is 0 Å². The molecule has 0 fully saturated rings. The zero-order chi connectivity index (χ0) is 24.6. The van der Waals surface area contributed by atoms with Gasteiger partial charge in [0.25, 0.3) is 0 Å². The van der Waals surface area contributed by atoms with E-state index < -0.39 is 0 Å². The second-order valence-corrected chi connectivity index (χ2v) is 8.71. The van der Waals surface area contributed by atoms with Gasteiger partial charge in [-0.1, -0.05) is 116 Å². The van der Waals surface area contributed by atoms with Crippen LogP contribution in [0.3, 0.4) is 0 Å². The van der Waals surface area contributed by atoms with Gasteiger partial charge in [-0.3, -0.25) is 0 Å². The van der Waals surface area contributed by atoms with E-state index in [1.54, 1.807) is 6.08 Å². The Bertz CT molecular complexity index is 1330. The highest BCUT2D eigenvalue weighted by Crippen LogP contribution is 2.42. The molecule has 0 saturated heterocycles. The van der Waals surface area contributed by atoms with Crippen molar-refractivity contribution in [3.8, 4) is 0 Å². The highest BCUT2D eigenvalue weighted by Gasteiger charge is 2.26. The number of allylic oxidation sites excluding steroid dienone is 14. The number of anilines is 1. The molecule has 0 saturated carbocycles. The summed E-state index contributed by atoms with van der Waals surface area (Å²) >= 11 is 0. The summed E-state index contributed by atoms with van der Waals surface area (Å²) in [5, 5.41) is 0. The predicted molar refractivity (Wildman–Crippen MR) is 153 cm³/mol. The third-order valence-electron chi connectivity index (χ3n) is 6.43. The molecule has 35 heavy (non-hydrogen) atoms. The maximum Gasteiger partial charge on any atom is 0.0973 e. The molecule has 0 heterocycles. The summed E-state index contributed by atoms with van der Waals surface area (Å²) in [5.74, 6) is 0.227. The Balaban J connectivity index is 2.02. The molecule has 4 rings (SSSR count). The molecule has 1 nitrogen and oxygen atoms in total. The number of hydrogen-bond acceptors (Lipinski definition) is 1. The lowest BCUT2D eigenvalue weighted by atomic mass is 9.84. The molecule has 0 aromatic heterocycles. The topological polar surface area (TPSA) is 3.24 Å². The monoisotopic (exact) mass is 455 g/mol. The van der Waals surface area contributed by atoms with Crippen LogP contribution >= 0.6 is 0 Å². The Morgan fingerprint density at radius 3 is 2.46 bits per heavy atom. The maximum absolute atomic E-state index is 3.87. The number of benzene rings is 2. The first kappa shape index (κ1) is 24.1. The molecular weight excluding hydrogens is 422 g/mol. The molecule has 2 aromatic carbocycles. The normalized spacial score (nSPS) is 16.4. The van der Waals surface area contributed by atoms with Gasteiger partial charge in [0, 0.05) is 28.4 Å². The number of rotatable bonds is 7. The molecule has 1 heteroatoms. The van der Waals surface area contributed by atoms with E-state index in [0.29, 0.717) is 0 Å². The molecule has 0 spiro atoms. The van der Waals surface area contributed by atoms with Crippen LogP contribution < -0.4 is 4.90 Å². The third kappa shape index (κ3) is 5.22. The predicted octanol–water partition coefficient (Wildman–Crippen LogP) is 9.20. The average Bonchev–Trinajstić information content (AvgIpc) is 3.19. The van der Waals surface area contributed by atoms with Crippen LogP contribution in [0.4, 0.5) is 5.69 Å².